The van der Waals surface area contributed by atoms with Gasteiger partial charge in [-0.05, 0) is 43.6 Å². The van der Waals surface area contributed by atoms with Crippen molar-refractivity contribution in [1.82, 2.24) is 0 Å². The molecular formula is C18H24O4S. The number of methoxy groups -OCH3 is 1. The maximum Gasteiger partial charge on any atom is 0.230 e. The van der Waals surface area contributed by atoms with Gasteiger partial charge in [-0.3, -0.25) is 0 Å². The fourth-order valence-electron chi connectivity index (χ4n) is 4.34. The van der Waals surface area contributed by atoms with E-state index in [-0.39, 0.29) is 6.29 Å². The highest BCUT2D eigenvalue weighted by atomic mass is 32.2. The quantitative estimate of drug-likeness (QED) is 0.610. The number of fused-ring (bicyclic) bond motifs is 3. The van der Waals surface area contributed by atoms with Gasteiger partial charge in [-0.1, -0.05) is 25.0 Å². The van der Waals surface area contributed by atoms with Gasteiger partial charge in [0.1, 0.15) is 0 Å². The van der Waals surface area contributed by atoms with Gasteiger partial charge in [0.25, 0.3) is 0 Å². The van der Waals surface area contributed by atoms with Gasteiger partial charge in [-0.25, -0.2) is 4.89 Å². The molecule has 23 heavy (non-hydrogen) atoms. The van der Waals surface area contributed by atoms with Crippen molar-refractivity contribution in [3.8, 4) is 0 Å². The van der Waals surface area contributed by atoms with Crippen LogP contribution in [0.4, 0.5) is 0 Å². The van der Waals surface area contributed by atoms with Crippen LogP contribution in [0.3, 0.4) is 0 Å². The van der Waals surface area contributed by atoms with Crippen LogP contribution < -0.4 is 0 Å². The summed E-state index contributed by atoms with van der Waals surface area (Å²) in [6.07, 6.45) is 8.04. The van der Waals surface area contributed by atoms with Crippen LogP contribution >= 0.6 is 11.8 Å². The first-order valence-corrected chi connectivity index (χ1v) is 9.67. The number of thioether (sulfide) groups is 1. The lowest BCUT2D eigenvalue weighted by Crippen LogP contribution is -2.59. The van der Waals surface area contributed by atoms with E-state index in [4.69, 9.17) is 19.2 Å². The number of benzene rings is 1. The first-order chi connectivity index (χ1) is 11.2. The van der Waals surface area contributed by atoms with Crippen LogP contribution in [0.5, 0.6) is 0 Å². The molecule has 0 aromatic heterocycles. The number of ether oxygens (including phenoxy) is 2. The molecule has 4 fully saturated rings. The smallest absolute Gasteiger partial charge is 0.230 e. The zero-order chi connectivity index (χ0) is 15.9. The molecule has 1 aliphatic carbocycles. The van der Waals surface area contributed by atoms with Crippen molar-refractivity contribution in [2.45, 2.75) is 61.1 Å². The average molecular weight is 336 g/mol. The van der Waals surface area contributed by atoms with Crippen LogP contribution in [-0.2, 0) is 25.0 Å². The predicted molar refractivity (Wildman–Crippen MR) is 87.9 cm³/mol. The third kappa shape index (κ3) is 2.45. The van der Waals surface area contributed by atoms with Crippen LogP contribution in [0.25, 0.3) is 0 Å². The Hall–Kier alpha value is -0.590. The second-order valence-electron chi connectivity index (χ2n) is 6.77. The van der Waals surface area contributed by atoms with Crippen molar-refractivity contribution in [2.75, 3.05) is 13.4 Å². The maximum absolute atomic E-state index is 6.39. The Morgan fingerprint density at radius 2 is 1.91 bits per heavy atom. The topological polar surface area (TPSA) is 36.9 Å². The number of rotatable bonds is 3. The van der Waals surface area contributed by atoms with E-state index in [1.807, 2.05) is 0 Å². The van der Waals surface area contributed by atoms with Gasteiger partial charge in [0.05, 0.1) is 0 Å². The van der Waals surface area contributed by atoms with Gasteiger partial charge in [0.2, 0.25) is 5.79 Å². The summed E-state index contributed by atoms with van der Waals surface area (Å²) in [6, 6.07) is 8.36. The Bertz CT molecular complexity index is 559. The summed E-state index contributed by atoms with van der Waals surface area (Å²) in [5, 5.41) is 0. The molecule has 0 radical (unpaired) electrons. The van der Waals surface area contributed by atoms with Crippen LogP contribution in [0.1, 0.15) is 44.1 Å². The second kappa shape index (κ2) is 6.05. The molecule has 1 saturated carbocycles. The Kier molecular flexibility index (Phi) is 4.18. The number of hydrogen-bond donors (Lipinski definition) is 0. The van der Waals surface area contributed by atoms with Gasteiger partial charge < -0.3 is 9.47 Å². The zero-order valence-corrected chi connectivity index (χ0v) is 14.6. The first kappa shape index (κ1) is 15.9. The molecule has 2 bridgehead atoms. The van der Waals surface area contributed by atoms with Gasteiger partial charge in [-0.15, -0.1) is 11.8 Å². The normalized spacial score (nSPS) is 39.7. The second-order valence-corrected chi connectivity index (χ2v) is 7.65. The molecule has 4 nitrogen and oxygen atoms in total. The summed E-state index contributed by atoms with van der Waals surface area (Å²) in [7, 11) is 1.71. The summed E-state index contributed by atoms with van der Waals surface area (Å²) < 4.78 is 12.1. The highest BCUT2D eigenvalue weighted by molar-refractivity contribution is 7.98. The minimum absolute atomic E-state index is 0.371. The summed E-state index contributed by atoms with van der Waals surface area (Å²) in [5.74, 6) is -0.406. The molecule has 0 N–H and O–H groups in total. The Labute approximate surface area is 141 Å². The fraction of sp³-hybridized carbons (Fsp3) is 0.667. The standard InChI is InChI=1S/C18H24O4S/c1-19-16-17-11-4-3-5-13(17)10-12-18(20-16,22-21-17)14-6-8-15(23-2)9-7-14/h6-9,13,16H,3-5,10-12H2,1-2H3/t13-,16-,17+,18+/m1/s1. The fourth-order valence-corrected chi connectivity index (χ4v) is 4.75. The predicted octanol–water partition coefficient (Wildman–Crippen LogP) is 4.24. The van der Waals surface area contributed by atoms with Crippen molar-refractivity contribution >= 4 is 11.8 Å². The molecule has 126 valence electrons. The molecule has 0 amide bonds. The minimum Gasteiger partial charge on any atom is -0.353 e. The van der Waals surface area contributed by atoms with Crippen LogP contribution in [0.2, 0.25) is 0 Å². The highest BCUT2D eigenvalue weighted by Crippen LogP contribution is 2.55. The molecule has 0 unspecified atom stereocenters. The molecule has 1 aromatic carbocycles. The molecule has 3 saturated heterocycles. The highest BCUT2D eigenvalue weighted by Gasteiger charge is 2.61. The van der Waals surface area contributed by atoms with E-state index in [0.29, 0.717) is 5.92 Å². The molecule has 1 aromatic rings. The monoisotopic (exact) mass is 336 g/mol. The lowest BCUT2D eigenvalue weighted by Gasteiger charge is -2.49. The van der Waals surface area contributed by atoms with E-state index in [1.165, 1.54) is 11.3 Å². The van der Waals surface area contributed by atoms with Gasteiger partial charge >= 0.3 is 0 Å². The molecule has 3 heterocycles. The van der Waals surface area contributed by atoms with E-state index in [9.17, 15) is 0 Å². The lowest BCUT2D eigenvalue weighted by molar-refractivity contribution is -0.558. The van der Waals surface area contributed by atoms with Crippen molar-refractivity contribution in [3.05, 3.63) is 29.8 Å². The molecular weight excluding hydrogens is 312 g/mol. The Balaban J connectivity index is 1.70. The summed E-state index contributed by atoms with van der Waals surface area (Å²) in [5.41, 5.74) is 0.567. The van der Waals surface area contributed by atoms with Crippen molar-refractivity contribution in [1.29, 1.82) is 0 Å². The van der Waals surface area contributed by atoms with E-state index in [2.05, 4.69) is 30.5 Å². The van der Waals surface area contributed by atoms with Crippen LogP contribution in [0, 0.1) is 5.92 Å². The van der Waals surface area contributed by atoms with Crippen molar-refractivity contribution < 1.29 is 19.2 Å². The van der Waals surface area contributed by atoms with E-state index < -0.39 is 11.4 Å². The van der Waals surface area contributed by atoms with Gasteiger partial charge in [0.15, 0.2) is 11.9 Å². The van der Waals surface area contributed by atoms with E-state index >= 15 is 0 Å². The lowest BCUT2D eigenvalue weighted by atomic mass is 9.73. The molecule has 4 atom stereocenters. The van der Waals surface area contributed by atoms with Crippen LogP contribution in [0.15, 0.2) is 29.2 Å². The summed E-state index contributed by atoms with van der Waals surface area (Å²) in [6.45, 7) is 0. The molecule has 4 aliphatic rings. The van der Waals surface area contributed by atoms with Gasteiger partial charge in [0, 0.05) is 24.0 Å². The summed E-state index contributed by atoms with van der Waals surface area (Å²) in [4.78, 5) is 13.2. The Morgan fingerprint density at radius 1 is 1.09 bits per heavy atom. The van der Waals surface area contributed by atoms with Crippen LogP contribution in [-0.4, -0.2) is 25.3 Å². The summed E-state index contributed by atoms with van der Waals surface area (Å²) >= 11 is 1.73. The zero-order valence-electron chi connectivity index (χ0n) is 13.7. The van der Waals surface area contributed by atoms with E-state index in [1.54, 1.807) is 18.9 Å². The minimum atomic E-state index is -0.847. The molecule has 5 rings (SSSR count). The third-order valence-electron chi connectivity index (χ3n) is 5.65. The Morgan fingerprint density at radius 3 is 2.65 bits per heavy atom. The molecule has 5 heteroatoms. The van der Waals surface area contributed by atoms with E-state index in [0.717, 1.165) is 37.7 Å². The third-order valence-corrected chi connectivity index (χ3v) is 6.40. The molecule has 3 aliphatic heterocycles. The van der Waals surface area contributed by atoms with Crippen molar-refractivity contribution in [3.63, 3.8) is 0 Å². The maximum atomic E-state index is 6.39. The first-order valence-electron chi connectivity index (χ1n) is 8.44. The average Bonchev–Trinajstić information content (AvgIpc) is 2.88. The SMILES string of the molecule is CO[C@@H]1O[C@@]2(c3ccc(SC)cc3)CC[C@H]3CCCC[C@]31OO2. The number of hydrogen-bond acceptors (Lipinski definition) is 5. The van der Waals surface area contributed by atoms with Gasteiger partial charge in [-0.2, -0.15) is 4.89 Å². The van der Waals surface area contributed by atoms with Crippen molar-refractivity contribution in [2.24, 2.45) is 5.92 Å². The molecule has 1 spiro atoms. The largest absolute Gasteiger partial charge is 0.353 e.